The van der Waals surface area contributed by atoms with E-state index in [2.05, 4.69) is 53.2 Å². The van der Waals surface area contributed by atoms with Gasteiger partial charge in [-0.05, 0) is 125 Å². The molecule has 0 aromatic heterocycles. The molecule has 0 unspecified atom stereocenters. The second kappa shape index (κ2) is 29.3. The number of amides is 10. The molecule has 10 amide bonds. The summed E-state index contributed by atoms with van der Waals surface area (Å²) in [5.41, 5.74) is -5.45. The van der Waals surface area contributed by atoms with Crippen molar-refractivity contribution in [1.82, 2.24) is 53.2 Å². The molecule has 430 valence electrons. The Hall–Kier alpha value is -6.03. The number of methoxy groups -OCH3 is 1. The van der Waals surface area contributed by atoms with Crippen LogP contribution >= 0.6 is 0 Å². The predicted octanol–water partition coefficient (Wildman–Crippen LogP) is 2.14. The summed E-state index contributed by atoms with van der Waals surface area (Å²) < 4.78 is 10.1. The van der Waals surface area contributed by atoms with Crippen molar-refractivity contribution in [3.8, 4) is 0 Å². The third-order valence-electron chi connectivity index (χ3n) is 11.5. The van der Waals surface area contributed by atoms with Crippen LogP contribution in [0.2, 0.25) is 0 Å². The lowest BCUT2D eigenvalue weighted by molar-refractivity contribution is -0.149. The minimum Gasteiger partial charge on any atom is -0.467 e. The Labute approximate surface area is 445 Å². The second-order valence-corrected chi connectivity index (χ2v) is 23.9. The zero-order valence-electron chi connectivity index (χ0n) is 48.9. The molecule has 0 heterocycles. The summed E-state index contributed by atoms with van der Waals surface area (Å²) in [6.07, 6.45) is -0.237. The Morgan fingerprint density at radius 2 is 0.667 bits per heavy atom. The quantitative estimate of drug-likeness (QED) is 0.0503. The normalized spacial score (nSPS) is 15.0. The highest BCUT2D eigenvalue weighted by Crippen LogP contribution is 2.16. The van der Waals surface area contributed by atoms with E-state index in [9.17, 15) is 52.7 Å². The monoisotopic (exact) mass is 1070 g/mol. The molecule has 0 rings (SSSR count). The molecule has 0 saturated carbocycles. The number of nitrogens with one attached hydrogen (secondary N) is 10. The van der Waals surface area contributed by atoms with Crippen LogP contribution in [0.3, 0.4) is 0 Å². The molecule has 0 spiro atoms. The Bertz CT molecular complexity index is 2030. The molecule has 0 aliphatic rings. The van der Waals surface area contributed by atoms with Crippen molar-refractivity contribution in [1.29, 1.82) is 0 Å². The molecule has 0 radical (unpaired) electrons. The molecule has 0 aromatic carbocycles. The van der Waals surface area contributed by atoms with Gasteiger partial charge in [-0.2, -0.15) is 0 Å². The zero-order valence-corrected chi connectivity index (χ0v) is 48.9. The van der Waals surface area contributed by atoms with Gasteiger partial charge < -0.3 is 62.6 Å². The van der Waals surface area contributed by atoms with Gasteiger partial charge >= 0.3 is 12.1 Å². The maximum atomic E-state index is 13.9. The molecule has 0 aromatic rings. The Morgan fingerprint density at radius 1 is 0.373 bits per heavy atom. The second-order valence-electron chi connectivity index (χ2n) is 23.9. The zero-order chi connectivity index (χ0) is 58.9. The Balaban J connectivity index is 6.03. The summed E-state index contributed by atoms with van der Waals surface area (Å²) in [4.78, 5) is 147. The molecule has 23 heteroatoms. The van der Waals surface area contributed by atoms with E-state index >= 15 is 0 Å². The van der Waals surface area contributed by atoms with E-state index in [-0.39, 0.29) is 37.0 Å². The lowest BCUT2D eigenvalue weighted by Crippen LogP contribution is -2.64. The number of ether oxygens (including phenoxy) is 2. The summed E-state index contributed by atoms with van der Waals surface area (Å²) >= 11 is 0. The van der Waals surface area contributed by atoms with Crippen LogP contribution in [-0.2, 0) is 57.4 Å². The Kier molecular flexibility index (Phi) is 27.0. The summed E-state index contributed by atoms with van der Waals surface area (Å²) in [5.74, 6) is -8.34. The summed E-state index contributed by atoms with van der Waals surface area (Å²) in [5, 5.41) is 26.3. The SMILES string of the molecule is COC(=O)C(C)(C)NC(=O)[C@H](CC(C)C)NC(=O)[C@H](C)NC(=O)[C@@H](NC(=O)C(C)(C)NC(=O)[C@H](CC(C)C)NC(=O)[C@H](C)NC(=O)[C@@H](NC(=O)C(C)(C)NC(=O)[C@H](CC(C)C)NC(=O)OC(C)(C)C)C(C)C)C(C)C. The van der Waals surface area contributed by atoms with Gasteiger partial charge in [0, 0.05) is 0 Å². The van der Waals surface area contributed by atoms with Gasteiger partial charge in [0.05, 0.1) is 7.11 Å². The van der Waals surface area contributed by atoms with E-state index in [1.54, 1.807) is 48.5 Å². The number of hydrogen-bond acceptors (Lipinski definition) is 13. The molecule has 0 aliphatic carbocycles. The predicted molar refractivity (Wildman–Crippen MR) is 283 cm³/mol. The molecule has 7 atom stereocenters. The molecule has 0 saturated heterocycles. The molecular formula is C52H94N10O13. The number of hydrogen-bond donors (Lipinski definition) is 10. The topological polar surface area (TPSA) is 327 Å². The van der Waals surface area contributed by atoms with Crippen molar-refractivity contribution in [3.05, 3.63) is 0 Å². The van der Waals surface area contributed by atoms with Crippen LogP contribution in [0.5, 0.6) is 0 Å². The number of carbonyl (C=O) groups excluding carboxylic acids is 11. The summed E-state index contributed by atoms with van der Waals surface area (Å²) in [6, 6.07) is -8.10. The van der Waals surface area contributed by atoms with Crippen molar-refractivity contribution < 1.29 is 62.2 Å². The van der Waals surface area contributed by atoms with E-state index < -0.39 is 142 Å². The van der Waals surface area contributed by atoms with Gasteiger partial charge in [-0.3, -0.25) is 43.2 Å². The van der Waals surface area contributed by atoms with Crippen molar-refractivity contribution >= 4 is 65.2 Å². The van der Waals surface area contributed by atoms with Crippen LogP contribution in [0.1, 0.15) is 165 Å². The van der Waals surface area contributed by atoms with Gasteiger partial charge in [0.2, 0.25) is 53.2 Å². The van der Waals surface area contributed by atoms with Gasteiger partial charge in [-0.1, -0.05) is 69.2 Å². The van der Waals surface area contributed by atoms with Crippen LogP contribution in [0.15, 0.2) is 0 Å². The maximum absolute atomic E-state index is 13.9. The first-order valence-electron chi connectivity index (χ1n) is 25.9. The minimum atomic E-state index is -1.66. The number of carbonyl (C=O) groups is 11. The first kappa shape index (κ1) is 69.0. The van der Waals surface area contributed by atoms with Crippen LogP contribution in [0, 0.1) is 29.6 Å². The third-order valence-corrected chi connectivity index (χ3v) is 11.5. The fourth-order valence-corrected chi connectivity index (χ4v) is 7.21. The number of esters is 1. The van der Waals surface area contributed by atoms with E-state index in [0.29, 0.717) is 0 Å². The highest BCUT2D eigenvalue weighted by atomic mass is 16.6. The maximum Gasteiger partial charge on any atom is 0.408 e. The van der Waals surface area contributed by atoms with Crippen LogP contribution < -0.4 is 53.2 Å². The minimum absolute atomic E-state index is 0.0184. The standard InChI is InChI=1S/C52H94N10O13/c1-26(2)23-33(55-38(63)31(11)53-44(69)37(30(9)10)59-46(71)51(18,19)61-42(67)35(25-28(5)6)57-48(73)75-49(13,14)15)40(65)60-50(16,17)45(70)58-36(29(7)8)43(68)54-32(12)39(64)56-34(24-27(3)4)41(66)62-52(20,21)47(72)74-22/h26-37H,23-25H2,1-22H3,(H,53,69)(H,54,68)(H,55,63)(H,56,64)(H,57,73)(H,58,70)(H,59,71)(H,60,65)(H,61,67)(H,62,66)/t31-,32-,33-,34-,35-,36-,37-/m0/s1. The van der Waals surface area contributed by atoms with Gasteiger partial charge in [0.15, 0.2) is 0 Å². The molecule has 10 N–H and O–H groups in total. The van der Waals surface area contributed by atoms with Crippen LogP contribution in [-0.4, -0.2) is 137 Å². The van der Waals surface area contributed by atoms with E-state index in [0.717, 1.165) is 0 Å². The molecule has 23 nitrogen and oxygen atoms in total. The number of alkyl carbamates (subject to hydrolysis) is 1. The van der Waals surface area contributed by atoms with Gasteiger partial charge in [0.1, 0.15) is 64.5 Å². The van der Waals surface area contributed by atoms with E-state index in [1.807, 2.05) is 41.5 Å². The lowest BCUT2D eigenvalue weighted by atomic mass is 9.97. The summed E-state index contributed by atoms with van der Waals surface area (Å²) in [7, 11) is 1.18. The van der Waals surface area contributed by atoms with Gasteiger partial charge in [-0.15, -0.1) is 0 Å². The van der Waals surface area contributed by atoms with Crippen molar-refractivity contribution in [2.45, 2.75) is 229 Å². The largest absolute Gasteiger partial charge is 0.467 e. The van der Waals surface area contributed by atoms with E-state index in [1.165, 1.54) is 62.5 Å². The molecule has 0 bridgehead atoms. The van der Waals surface area contributed by atoms with E-state index in [4.69, 9.17) is 9.47 Å². The molecular weight excluding hydrogens is 973 g/mol. The highest BCUT2D eigenvalue weighted by molar-refractivity contribution is 6.00. The smallest absolute Gasteiger partial charge is 0.408 e. The summed E-state index contributed by atoms with van der Waals surface area (Å²) in [6.45, 7) is 34.2. The average Bonchev–Trinajstić information content (AvgIpc) is 3.23. The molecule has 0 fully saturated rings. The highest BCUT2D eigenvalue weighted by Gasteiger charge is 2.40. The first-order chi connectivity index (χ1) is 34.0. The van der Waals surface area contributed by atoms with Crippen molar-refractivity contribution in [2.24, 2.45) is 29.6 Å². The molecule has 0 aliphatic heterocycles. The average molecular weight is 1070 g/mol. The van der Waals surface area contributed by atoms with Gasteiger partial charge in [0.25, 0.3) is 0 Å². The first-order valence-corrected chi connectivity index (χ1v) is 25.9. The number of rotatable bonds is 28. The fraction of sp³-hybridized carbons (Fsp3) is 0.788. The lowest BCUT2D eigenvalue weighted by Gasteiger charge is -2.32. The van der Waals surface area contributed by atoms with Gasteiger partial charge in [-0.25, -0.2) is 9.59 Å². The van der Waals surface area contributed by atoms with Crippen LogP contribution in [0.4, 0.5) is 4.79 Å². The Morgan fingerprint density at radius 3 is 0.933 bits per heavy atom. The van der Waals surface area contributed by atoms with Crippen molar-refractivity contribution in [2.75, 3.05) is 7.11 Å². The third kappa shape index (κ3) is 24.5. The molecule has 75 heavy (non-hydrogen) atoms. The van der Waals surface area contributed by atoms with Crippen LogP contribution in [0.25, 0.3) is 0 Å². The van der Waals surface area contributed by atoms with Crippen molar-refractivity contribution in [3.63, 3.8) is 0 Å². The fourth-order valence-electron chi connectivity index (χ4n) is 7.21.